The summed E-state index contributed by atoms with van der Waals surface area (Å²) in [6, 6.07) is 11.6. The van der Waals surface area contributed by atoms with Crippen molar-refractivity contribution < 1.29 is 8.78 Å². The fourth-order valence-corrected chi connectivity index (χ4v) is 3.62. The van der Waals surface area contributed by atoms with Crippen LogP contribution in [0.15, 0.2) is 47.6 Å². The average molecular weight is 345 g/mol. The fraction of sp³-hybridized carbons (Fsp3) is 0.222. The maximum atomic E-state index is 14.0. The van der Waals surface area contributed by atoms with Crippen LogP contribution >= 0.6 is 11.8 Å². The lowest BCUT2D eigenvalue weighted by Crippen LogP contribution is -2.03. The molecule has 0 spiro atoms. The second-order valence-corrected chi connectivity index (χ2v) is 6.89. The molecule has 1 atom stereocenters. The number of halogens is 2. The van der Waals surface area contributed by atoms with Gasteiger partial charge in [-0.15, -0.1) is 10.2 Å². The first-order valence-corrected chi connectivity index (χ1v) is 8.45. The Morgan fingerprint density at radius 1 is 1.04 bits per heavy atom. The van der Waals surface area contributed by atoms with Crippen molar-refractivity contribution in [3.8, 4) is 5.69 Å². The lowest BCUT2D eigenvalue weighted by Gasteiger charge is -2.15. The molecule has 1 heterocycles. The largest absolute Gasteiger partial charge is 0.274 e. The van der Waals surface area contributed by atoms with Gasteiger partial charge in [-0.05, 0) is 38.5 Å². The van der Waals surface area contributed by atoms with Crippen LogP contribution < -0.4 is 0 Å². The first-order valence-electron chi connectivity index (χ1n) is 7.57. The molecule has 0 aliphatic carbocycles. The normalized spacial score (nSPS) is 12.4. The molecule has 0 aliphatic heterocycles. The number of nitrogens with zero attached hydrogens (tertiary/aromatic N) is 3. The standard InChI is InChI=1S/C18H17F2N3S/c1-11-6-4-5-7-17(11)23-13(3)21-22-18(23)24-12(2)15-9-8-14(19)10-16(15)20/h4-10,12H,1-3H3/t12-/m0/s1. The summed E-state index contributed by atoms with van der Waals surface area (Å²) in [5.41, 5.74) is 2.54. The molecule has 0 aliphatic rings. The number of benzene rings is 2. The quantitative estimate of drug-likeness (QED) is 0.622. The molecule has 0 radical (unpaired) electrons. The smallest absolute Gasteiger partial charge is 0.196 e. The van der Waals surface area contributed by atoms with Crippen molar-refractivity contribution in [2.45, 2.75) is 31.2 Å². The molecule has 0 fully saturated rings. The molecule has 0 N–H and O–H groups in total. The summed E-state index contributed by atoms with van der Waals surface area (Å²) >= 11 is 1.39. The van der Waals surface area contributed by atoms with Crippen molar-refractivity contribution in [2.24, 2.45) is 0 Å². The SMILES string of the molecule is Cc1ccccc1-n1c(C)nnc1S[C@@H](C)c1ccc(F)cc1F. The predicted molar refractivity (Wildman–Crippen MR) is 91.5 cm³/mol. The summed E-state index contributed by atoms with van der Waals surface area (Å²) in [7, 11) is 0. The highest BCUT2D eigenvalue weighted by Crippen LogP contribution is 2.36. The Hall–Kier alpha value is -2.21. The summed E-state index contributed by atoms with van der Waals surface area (Å²) in [5.74, 6) is -0.361. The number of aromatic nitrogens is 3. The molecule has 0 unspecified atom stereocenters. The minimum absolute atomic E-state index is 0.225. The van der Waals surface area contributed by atoms with Crippen LogP contribution in [0.1, 0.15) is 29.1 Å². The first kappa shape index (κ1) is 16.6. The molecule has 3 rings (SSSR count). The maximum Gasteiger partial charge on any atom is 0.196 e. The highest BCUT2D eigenvalue weighted by Gasteiger charge is 2.19. The molecule has 3 aromatic rings. The summed E-state index contributed by atoms with van der Waals surface area (Å²) < 4.78 is 29.1. The molecule has 0 amide bonds. The van der Waals surface area contributed by atoms with Gasteiger partial charge in [0, 0.05) is 16.9 Å². The minimum atomic E-state index is -0.577. The van der Waals surface area contributed by atoms with Crippen LogP contribution in [0.25, 0.3) is 5.69 Å². The van der Waals surface area contributed by atoms with E-state index in [-0.39, 0.29) is 5.25 Å². The highest BCUT2D eigenvalue weighted by atomic mass is 32.2. The van der Waals surface area contributed by atoms with Crippen LogP contribution in [-0.2, 0) is 0 Å². The van der Waals surface area contributed by atoms with Crippen LogP contribution in [0.4, 0.5) is 8.78 Å². The number of para-hydroxylation sites is 1. The van der Waals surface area contributed by atoms with Gasteiger partial charge in [0.1, 0.15) is 17.5 Å². The van der Waals surface area contributed by atoms with E-state index in [0.29, 0.717) is 10.7 Å². The summed E-state index contributed by atoms with van der Waals surface area (Å²) in [6.07, 6.45) is 0. The lowest BCUT2D eigenvalue weighted by atomic mass is 10.1. The third-order valence-corrected chi connectivity index (χ3v) is 4.92. The van der Waals surface area contributed by atoms with E-state index >= 15 is 0 Å². The summed E-state index contributed by atoms with van der Waals surface area (Å²) in [6.45, 7) is 5.77. The fourth-order valence-electron chi connectivity index (χ4n) is 2.56. The van der Waals surface area contributed by atoms with Crippen molar-refractivity contribution in [3.63, 3.8) is 0 Å². The van der Waals surface area contributed by atoms with Crippen molar-refractivity contribution in [2.75, 3.05) is 0 Å². The zero-order valence-corrected chi connectivity index (χ0v) is 14.4. The third kappa shape index (κ3) is 3.19. The van der Waals surface area contributed by atoms with E-state index in [4.69, 9.17) is 0 Å². The molecule has 3 nitrogen and oxygen atoms in total. The number of hydrogen-bond acceptors (Lipinski definition) is 3. The van der Waals surface area contributed by atoms with E-state index < -0.39 is 11.6 Å². The minimum Gasteiger partial charge on any atom is -0.274 e. The molecular formula is C18H17F2N3S. The van der Waals surface area contributed by atoms with Crippen molar-refractivity contribution in [1.82, 2.24) is 14.8 Å². The third-order valence-electron chi connectivity index (χ3n) is 3.83. The second kappa shape index (κ2) is 6.73. The predicted octanol–water partition coefficient (Wildman–Crippen LogP) is 5.02. The Bertz CT molecular complexity index is 876. The van der Waals surface area contributed by atoms with E-state index in [0.717, 1.165) is 23.1 Å². The Kier molecular flexibility index (Phi) is 4.66. The average Bonchev–Trinajstić information content (AvgIpc) is 2.88. The first-order chi connectivity index (χ1) is 11.5. The topological polar surface area (TPSA) is 30.7 Å². The van der Waals surface area contributed by atoms with Gasteiger partial charge in [-0.25, -0.2) is 8.78 Å². The van der Waals surface area contributed by atoms with Gasteiger partial charge in [-0.2, -0.15) is 0 Å². The maximum absolute atomic E-state index is 14.0. The van der Waals surface area contributed by atoms with E-state index in [9.17, 15) is 8.78 Å². The van der Waals surface area contributed by atoms with Crippen LogP contribution in [0.2, 0.25) is 0 Å². The van der Waals surface area contributed by atoms with Gasteiger partial charge in [0.15, 0.2) is 5.16 Å². The van der Waals surface area contributed by atoms with Crippen LogP contribution in [0.3, 0.4) is 0 Å². The van der Waals surface area contributed by atoms with E-state index in [1.165, 1.54) is 23.9 Å². The van der Waals surface area contributed by atoms with E-state index in [1.807, 2.05) is 49.6 Å². The molecule has 24 heavy (non-hydrogen) atoms. The van der Waals surface area contributed by atoms with E-state index in [1.54, 1.807) is 0 Å². The molecule has 6 heteroatoms. The molecule has 0 bridgehead atoms. The van der Waals surface area contributed by atoms with E-state index in [2.05, 4.69) is 10.2 Å². The van der Waals surface area contributed by atoms with Gasteiger partial charge >= 0.3 is 0 Å². The molecule has 0 saturated carbocycles. The Morgan fingerprint density at radius 3 is 2.50 bits per heavy atom. The van der Waals surface area contributed by atoms with Crippen LogP contribution in [0, 0.1) is 25.5 Å². The lowest BCUT2D eigenvalue weighted by molar-refractivity contribution is 0.572. The number of hydrogen-bond donors (Lipinski definition) is 0. The number of aryl methyl sites for hydroxylation is 2. The zero-order valence-electron chi connectivity index (χ0n) is 13.6. The Morgan fingerprint density at radius 2 is 1.79 bits per heavy atom. The van der Waals surface area contributed by atoms with Crippen LogP contribution in [0.5, 0.6) is 0 Å². The van der Waals surface area contributed by atoms with Crippen LogP contribution in [-0.4, -0.2) is 14.8 Å². The van der Waals surface area contributed by atoms with Gasteiger partial charge in [0.2, 0.25) is 0 Å². The van der Waals surface area contributed by atoms with Gasteiger partial charge < -0.3 is 0 Å². The monoisotopic (exact) mass is 345 g/mol. The number of thioether (sulfide) groups is 1. The molecule has 2 aromatic carbocycles. The molecule has 0 saturated heterocycles. The number of rotatable bonds is 4. The van der Waals surface area contributed by atoms with Crippen molar-refractivity contribution in [1.29, 1.82) is 0 Å². The van der Waals surface area contributed by atoms with Crippen molar-refractivity contribution in [3.05, 3.63) is 71.1 Å². The summed E-state index contributed by atoms with van der Waals surface area (Å²) in [5, 5.41) is 8.83. The van der Waals surface area contributed by atoms with Gasteiger partial charge in [-0.3, -0.25) is 4.57 Å². The zero-order chi connectivity index (χ0) is 17.3. The molecule has 1 aromatic heterocycles. The molecular weight excluding hydrogens is 328 g/mol. The Balaban J connectivity index is 1.96. The van der Waals surface area contributed by atoms with Gasteiger partial charge in [0.05, 0.1) is 5.69 Å². The van der Waals surface area contributed by atoms with Crippen molar-refractivity contribution >= 4 is 11.8 Å². The summed E-state index contributed by atoms with van der Waals surface area (Å²) in [4.78, 5) is 0. The highest BCUT2D eigenvalue weighted by molar-refractivity contribution is 7.99. The van der Waals surface area contributed by atoms with Gasteiger partial charge in [-0.1, -0.05) is 36.0 Å². The molecule has 124 valence electrons. The Labute approximate surface area is 143 Å². The van der Waals surface area contributed by atoms with Gasteiger partial charge in [0.25, 0.3) is 0 Å². The second-order valence-electron chi connectivity index (χ2n) is 5.58.